The van der Waals surface area contributed by atoms with Crippen LogP contribution in [0.25, 0.3) is 10.6 Å². The quantitative estimate of drug-likeness (QED) is 0.736. The van der Waals surface area contributed by atoms with Crippen LogP contribution in [-0.4, -0.2) is 22.6 Å². The van der Waals surface area contributed by atoms with E-state index in [1.54, 1.807) is 4.90 Å². The van der Waals surface area contributed by atoms with E-state index in [4.69, 9.17) is 0 Å². The number of amides is 1. The zero-order chi connectivity index (χ0) is 17.7. The first-order valence-electron chi connectivity index (χ1n) is 8.61. The fourth-order valence-corrected chi connectivity index (χ4v) is 3.37. The van der Waals surface area contributed by atoms with Gasteiger partial charge in [-0.3, -0.25) is 9.69 Å². The molecule has 1 amide bonds. The molecule has 0 bridgehead atoms. The predicted molar refractivity (Wildman–Crippen MR) is 102 cm³/mol. The highest BCUT2D eigenvalue weighted by atomic mass is 32.1. The molecule has 0 aliphatic carbocycles. The van der Waals surface area contributed by atoms with Gasteiger partial charge in [0.05, 0.1) is 0 Å². The Morgan fingerprint density at radius 3 is 2.33 bits per heavy atom. The van der Waals surface area contributed by atoms with E-state index in [2.05, 4.69) is 62.2 Å². The van der Waals surface area contributed by atoms with Crippen LogP contribution in [0, 0.1) is 0 Å². The van der Waals surface area contributed by atoms with Crippen molar-refractivity contribution in [3.8, 4) is 10.6 Å². The highest BCUT2D eigenvalue weighted by Gasteiger charge is 2.19. The Balaban J connectivity index is 2.18. The summed E-state index contributed by atoms with van der Waals surface area (Å²) in [7, 11) is 0. The van der Waals surface area contributed by atoms with E-state index < -0.39 is 0 Å². The number of hydrogen-bond acceptors (Lipinski definition) is 4. The first-order valence-corrected chi connectivity index (χ1v) is 9.43. The van der Waals surface area contributed by atoms with Crippen molar-refractivity contribution in [2.45, 2.75) is 59.3 Å². The molecule has 0 radical (unpaired) electrons. The smallest absolute Gasteiger partial charge is 0.228 e. The first kappa shape index (κ1) is 18.6. The topological polar surface area (TPSA) is 46.1 Å². The number of unbranched alkanes of at least 4 members (excludes halogenated alkanes) is 1. The van der Waals surface area contributed by atoms with Gasteiger partial charge in [0.25, 0.3) is 0 Å². The number of nitrogens with zero attached hydrogens (tertiary/aromatic N) is 3. The standard InChI is InChI=1S/C19H27N3OS/c1-6-8-9-16(23)22(7-2)18-21-20-17(24-18)14-10-12-15(13-11-14)19(3,4)5/h10-13H,6-9H2,1-5H3. The zero-order valence-electron chi connectivity index (χ0n) is 15.3. The fraction of sp³-hybridized carbons (Fsp3) is 0.526. The molecule has 0 spiro atoms. The van der Waals surface area contributed by atoms with Gasteiger partial charge >= 0.3 is 0 Å². The van der Waals surface area contributed by atoms with Crippen molar-refractivity contribution in [1.82, 2.24) is 10.2 Å². The van der Waals surface area contributed by atoms with Gasteiger partial charge in [0, 0.05) is 18.5 Å². The van der Waals surface area contributed by atoms with Crippen molar-refractivity contribution in [3.05, 3.63) is 29.8 Å². The maximum Gasteiger partial charge on any atom is 0.228 e. The van der Waals surface area contributed by atoms with Crippen molar-refractivity contribution in [1.29, 1.82) is 0 Å². The number of carbonyl (C=O) groups is 1. The largest absolute Gasteiger partial charge is 0.287 e. The molecule has 0 N–H and O–H groups in total. The van der Waals surface area contributed by atoms with Crippen LogP contribution in [0.2, 0.25) is 0 Å². The van der Waals surface area contributed by atoms with Gasteiger partial charge in [0.2, 0.25) is 11.0 Å². The second kappa shape index (κ2) is 7.88. The molecular formula is C19H27N3OS. The Hall–Kier alpha value is -1.75. The van der Waals surface area contributed by atoms with E-state index in [-0.39, 0.29) is 11.3 Å². The van der Waals surface area contributed by atoms with Gasteiger partial charge in [-0.2, -0.15) is 0 Å². The van der Waals surface area contributed by atoms with Crippen LogP contribution in [0.1, 0.15) is 59.4 Å². The van der Waals surface area contributed by atoms with Crippen LogP contribution in [0.4, 0.5) is 5.13 Å². The van der Waals surface area contributed by atoms with E-state index in [9.17, 15) is 4.79 Å². The fourth-order valence-electron chi connectivity index (χ4n) is 2.44. The van der Waals surface area contributed by atoms with E-state index in [1.165, 1.54) is 16.9 Å². The SMILES string of the molecule is CCCCC(=O)N(CC)c1nnc(-c2ccc(C(C)(C)C)cc2)s1. The summed E-state index contributed by atoms with van der Waals surface area (Å²) in [6.07, 6.45) is 2.50. The highest BCUT2D eigenvalue weighted by molar-refractivity contribution is 7.18. The Kier molecular flexibility index (Phi) is 6.10. The van der Waals surface area contributed by atoms with Crippen molar-refractivity contribution in [2.24, 2.45) is 0 Å². The lowest BCUT2D eigenvalue weighted by Crippen LogP contribution is -2.30. The monoisotopic (exact) mass is 345 g/mol. The molecule has 2 rings (SSSR count). The Morgan fingerprint density at radius 1 is 1.12 bits per heavy atom. The number of benzene rings is 1. The summed E-state index contributed by atoms with van der Waals surface area (Å²) in [5.74, 6) is 0.130. The Bertz CT molecular complexity index is 671. The van der Waals surface area contributed by atoms with Crippen molar-refractivity contribution < 1.29 is 4.79 Å². The summed E-state index contributed by atoms with van der Waals surface area (Å²) in [6, 6.07) is 8.45. The van der Waals surface area contributed by atoms with E-state index in [1.807, 2.05) is 6.92 Å². The molecular weight excluding hydrogens is 318 g/mol. The summed E-state index contributed by atoms with van der Waals surface area (Å²) < 4.78 is 0. The number of carbonyl (C=O) groups excluding carboxylic acids is 1. The van der Waals surface area contributed by atoms with Crippen LogP contribution < -0.4 is 4.90 Å². The molecule has 1 aromatic heterocycles. The summed E-state index contributed by atoms with van der Waals surface area (Å²) in [5, 5.41) is 10.1. The minimum atomic E-state index is 0.130. The predicted octanol–water partition coefficient (Wildman–Crippen LogP) is 5.05. The van der Waals surface area contributed by atoms with Crippen LogP contribution in [-0.2, 0) is 10.2 Å². The van der Waals surface area contributed by atoms with E-state index in [0.29, 0.717) is 18.1 Å². The van der Waals surface area contributed by atoms with Crippen molar-refractivity contribution in [3.63, 3.8) is 0 Å². The summed E-state index contributed by atoms with van der Waals surface area (Å²) in [6.45, 7) is 11.3. The molecule has 0 unspecified atom stereocenters. The lowest BCUT2D eigenvalue weighted by Gasteiger charge is -2.18. The number of hydrogen-bond donors (Lipinski definition) is 0. The van der Waals surface area contributed by atoms with Crippen LogP contribution in [0.15, 0.2) is 24.3 Å². The van der Waals surface area contributed by atoms with Gasteiger partial charge < -0.3 is 0 Å². The second-order valence-corrected chi connectivity index (χ2v) is 7.91. The molecule has 4 nitrogen and oxygen atoms in total. The molecule has 5 heteroatoms. The summed E-state index contributed by atoms with van der Waals surface area (Å²) in [5.41, 5.74) is 2.47. The molecule has 24 heavy (non-hydrogen) atoms. The van der Waals surface area contributed by atoms with Gasteiger partial charge in [-0.25, -0.2) is 0 Å². The van der Waals surface area contributed by atoms with Crippen LogP contribution >= 0.6 is 11.3 Å². The van der Waals surface area contributed by atoms with Crippen molar-refractivity contribution >= 4 is 22.4 Å². The second-order valence-electron chi connectivity index (χ2n) is 6.96. The lowest BCUT2D eigenvalue weighted by molar-refractivity contribution is -0.118. The molecule has 0 saturated heterocycles. The van der Waals surface area contributed by atoms with Crippen LogP contribution in [0.3, 0.4) is 0 Å². The van der Waals surface area contributed by atoms with Gasteiger partial charge in [-0.05, 0) is 24.3 Å². The average Bonchev–Trinajstić information content (AvgIpc) is 3.02. The molecule has 0 aliphatic rings. The number of rotatable bonds is 6. The minimum Gasteiger partial charge on any atom is -0.287 e. The summed E-state index contributed by atoms with van der Waals surface area (Å²) in [4.78, 5) is 14.0. The molecule has 1 heterocycles. The molecule has 0 atom stereocenters. The molecule has 0 fully saturated rings. The molecule has 0 aliphatic heterocycles. The third kappa shape index (κ3) is 4.41. The van der Waals surface area contributed by atoms with Gasteiger partial charge in [0.1, 0.15) is 5.01 Å². The normalized spacial score (nSPS) is 11.5. The Labute approximate surface area is 148 Å². The van der Waals surface area contributed by atoms with Gasteiger partial charge in [0.15, 0.2) is 0 Å². The van der Waals surface area contributed by atoms with E-state index >= 15 is 0 Å². The molecule has 0 saturated carbocycles. The van der Waals surface area contributed by atoms with E-state index in [0.717, 1.165) is 23.4 Å². The summed E-state index contributed by atoms with van der Waals surface area (Å²) >= 11 is 1.48. The molecule has 1 aromatic carbocycles. The van der Waals surface area contributed by atoms with Crippen molar-refractivity contribution in [2.75, 3.05) is 11.4 Å². The highest BCUT2D eigenvalue weighted by Crippen LogP contribution is 2.31. The lowest BCUT2D eigenvalue weighted by atomic mass is 9.87. The average molecular weight is 346 g/mol. The maximum atomic E-state index is 12.3. The first-order chi connectivity index (χ1) is 11.4. The van der Waals surface area contributed by atoms with Crippen LogP contribution in [0.5, 0.6) is 0 Å². The molecule has 130 valence electrons. The zero-order valence-corrected chi connectivity index (χ0v) is 16.1. The third-order valence-corrected chi connectivity index (χ3v) is 5.00. The molecule has 2 aromatic rings. The number of anilines is 1. The van der Waals surface area contributed by atoms with Gasteiger partial charge in [-0.15, -0.1) is 10.2 Å². The van der Waals surface area contributed by atoms with Gasteiger partial charge in [-0.1, -0.05) is 69.7 Å². The Morgan fingerprint density at radius 2 is 1.79 bits per heavy atom. The third-order valence-electron chi connectivity index (χ3n) is 4.00. The maximum absolute atomic E-state index is 12.3. The minimum absolute atomic E-state index is 0.130. The number of aromatic nitrogens is 2.